The van der Waals surface area contributed by atoms with Gasteiger partial charge in [-0.3, -0.25) is 4.79 Å². The third-order valence-corrected chi connectivity index (χ3v) is 3.81. The van der Waals surface area contributed by atoms with Crippen molar-refractivity contribution in [1.82, 2.24) is 9.88 Å². The van der Waals surface area contributed by atoms with E-state index in [9.17, 15) is 9.18 Å². The number of anilines is 1. The number of amides is 1. The van der Waals surface area contributed by atoms with Crippen LogP contribution < -0.4 is 5.32 Å². The second-order valence-corrected chi connectivity index (χ2v) is 5.51. The van der Waals surface area contributed by atoms with Crippen LogP contribution in [-0.2, 0) is 0 Å². The molecule has 1 aliphatic rings. The lowest BCUT2D eigenvalue weighted by molar-refractivity contribution is 0.0737. The summed E-state index contributed by atoms with van der Waals surface area (Å²) in [6, 6.07) is 1.48. The summed E-state index contributed by atoms with van der Waals surface area (Å²) in [6.07, 6.45) is 7.90. The fraction of sp³-hybridized carbons (Fsp3) is 0.625. The summed E-state index contributed by atoms with van der Waals surface area (Å²) in [6.45, 7) is 4.09. The number of halogens is 1. The summed E-state index contributed by atoms with van der Waals surface area (Å²) >= 11 is 0. The third kappa shape index (κ3) is 4.16. The lowest BCUT2D eigenvalue weighted by Gasteiger charge is -2.25. The Morgan fingerprint density at radius 2 is 1.95 bits per heavy atom. The van der Waals surface area contributed by atoms with Gasteiger partial charge in [0.25, 0.3) is 5.91 Å². The molecule has 1 N–H and O–H groups in total. The van der Waals surface area contributed by atoms with E-state index in [4.69, 9.17) is 0 Å². The van der Waals surface area contributed by atoms with E-state index >= 15 is 0 Å². The van der Waals surface area contributed by atoms with E-state index in [1.165, 1.54) is 18.7 Å². The Hall–Kier alpha value is -1.65. The van der Waals surface area contributed by atoms with Crippen LogP contribution in [0.2, 0.25) is 0 Å². The third-order valence-electron chi connectivity index (χ3n) is 3.81. The van der Waals surface area contributed by atoms with Crippen molar-refractivity contribution in [3.63, 3.8) is 0 Å². The molecule has 116 valence electrons. The van der Waals surface area contributed by atoms with Gasteiger partial charge in [-0.15, -0.1) is 0 Å². The number of rotatable bonds is 4. The molecule has 0 bridgehead atoms. The summed E-state index contributed by atoms with van der Waals surface area (Å²) < 4.78 is 14.4. The van der Waals surface area contributed by atoms with Gasteiger partial charge in [0.05, 0.1) is 5.56 Å². The molecule has 1 amide bonds. The monoisotopic (exact) mass is 293 g/mol. The molecule has 0 aromatic carbocycles. The maximum atomic E-state index is 14.4. The normalized spacial score (nSPS) is 16.2. The van der Waals surface area contributed by atoms with Crippen LogP contribution in [0.3, 0.4) is 0 Å². The predicted octanol–water partition coefficient (Wildman–Crippen LogP) is 3.45. The highest BCUT2D eigenvalue weighted by Gasteiger charge is 2.21. The SMILES string of the molecule is CCCNc1nccc(C(=O)N2CCCCCCC2)c1F. The molecule has 1 aromatic heterocycles. The molecule has 1 aromatic rings. The van der Waals surface area contributed by atoms with Crippen LogP contribution in [0, 0.1) is 5.82 Å². The molecule has 0 unspecified atom stereocenters. The zero-order valence-corrected chi connectivity index (χ0v) is 12.7. The van der Waals surface area contributed by atoms with Gasteiger partial charge >= 0.3 is 0 Å². The second-order valence-electron chi connectivity index (χ2n) is 5.51. The standard InChI is InChI=1S/C16H24FN3O/c1-2-9-18-15-14(17)13(8-10-19-15)16(21)20-11-6-4-3-5-7-12-20/h8,10H,2-7,9,11-12H2,1H3,(H,18,19). The van der Waals surface area contributed by atoms with Crippen LogP contribution in [0.15, 0.2) is 12.3 Å². The van der Waals surface area contributed by atoms with Crippen LogP contribution in [0.5, 0.6) is 0 Å². The molecule has 0 aliphatic carbocycles. The number of hydrogen-bond acceptors (Lipinski definition) is 3. The van der Waals surface area contributed by atoms with Crippen molar-refractivity contribution >= 4 is 11.7 Å². The molecular weight excluding hydrogens is 269 g/mol. The highest BCUT2D eigenvalue weighted by molar-refractivity contribution is 5.95. The Balaban J connectivity index is 2.13. The van der Waals surface area contributed by atoms with E-state index < -0.39 is 5.82 Å². The number of aromatic nitrogens is 1. The van der Waals surface area contributed by atoms with Crippen LogP contribution in [0.4, 0.5) is 10.2 Å². The number of carbonyl (C=O) groups is 1. The Labute approximate surface area is 125 Å². The van der Waals surface area contributed by atoms with Gasteiger partial charge in [0.1, 0.15) is 0 Å². The molecule has 1 aliphatic heterocycles. The molecule has 0 saturated carbocycles. The maximum Gasteiger partial charge on any atom is 0.257 e. The minimum Gasteiger partial charge on any atom is -0.368 e. The first-order valence-corrected chi connectivity index (χ1v) is 7.91. The number of pyridine rings is 1. The van der Waals surface area contributed by atoms with Crippen molar-refractivity contribution < 1.29 is 9.18 Å². The Kier molecular flexibility index (Phi) is 5.96. The number of nitrogens with zero attached hydrogens (tertiary/aromatic N) is 2. The fourth-order valence-corrected chi connectivity index (χ4v) is 2.60. The van der Waals surface area contributed by atoms with E-state index in [2.05, 4.69) is 10.3 Å². The van der Waals surface area contributed by atoms with Crippen molar-refractivity contribution in [3.8, 4) is 0 Å². The van der Waals surface area contributed by atoms with Gasteiger partial charge in [0.15, 0.2) is 11.6 Å². The number of nitrogens with one attached hydrogen (secondary N) is 1. The topological polar surface area (TPSA) is 45.2 Å². The summed E-state index contributed by atoms with van der Waals surface area (Å²) in [4.78, 5) is 18.3. The van der Waals surface area contributed by atoms with E-state index in [0.29, 0.717) is 6.54 Å². The Bertz CT molecular complexity index is 471. The van der Waals surface area contributed by atoms with E-state index in [0.717, 1.165) is 45.2 Å². The summed E-state index contributed by atoms with van der Waals surface area (Å²) in [5, 5.41) is 2.93. The van der Waals surface area contributed by atoms with Crippen LogP contribution in [0.1, 0.15) is 55.8 Å². The zero-order chi connectivity index (χ0) is 15.1. The largest absolute Gasteiger partial charge is 0.368 e. The minimum absolute atomic E-state index is 0.129. The lowest BCUT2D eigenvalue weighted by Crippen LogP contribution is -2.34. The van der Waals surface area contributed by atoms with Crippen molar-refractivity contribution in [2.75, 3.05) is 25.0 Å². The molecule has 1 fully saturated rings. The maximum absolute atomic E-state index is 14.4. The van der Waals surface area contributed by atoms with E-state index in [1.807, 2.05) is 6.92 Å². The first-order chi connectivity index (χ1) is 10.2. The van der Waals surface area contributed by atoms with Gasteiger partial charge < -0.3 is 10.2 Å². The highest BCUT2D eigenvalue weighted by Crippen LogP contribution is 2.19. The molecule has 0 spiro atoms. The smallest absolute Gasteiger partial charge is 0.257 e. The van der Waals surface area contributed by atoms with Crippen molar-refractivity contribution in [2.45, 2.75) is 45.4 Å². The van der Waals surface area contributed by atoms with Gasteiger partial charge in [0, 0.05) is 25.8 Å². The average molecular weight is 293 g/mol. The van der Waals surface area contributed by atoms with Gasteiger partial charge in [-0.05, 0) is 25.3 Å². The Morgan fingerprint density at radius 3 is 2.62 bits per heavy atom. The van der Waals surface area contributed by atoms with Crippen molar-refractivity contribution in [3.05, 3.63) is 23.6 Å². The first kappa shape index (κ1) is 15.7. The molecule has 2 heterocycles. The van der Waals surface area contributed by atoms with Gasteiger partial charge in [-0.2, -0.15) is 0 Å². The number of hydrogen-bond donors (Lipinski definition) is 1. The van der Waals surface area contributed by atoms with E-state index in [1.54, 1.807) is 4.90 Å². The lowest BCUT2D eigenvalue weighted by atomic mass is 10.1. The molecule has 0 atom stereocenters. The van der Waals surface area contributed by atoms with Crippen molar-refractivity contribution in [2.24, 2.45) is 0 Å². The summed E-state index contributed by atoms with van der Waals surface area (Å²) in [5.41, 5.74) is 0.129. The quantitative estimate of drug-likeness (QED) is 0.925. The molecule has 2 rings (SSSR count). The van der Waals surface area contributed by atoms with E-state index in [-0.39, 0.29) is 17.3 Å². The molecular formula is C16H24FN3O. The molecule has 1 saturated heterocycles. The van der Waals surface area contributed by atoms with Crippen LogP contribution >= 0.6 is 0 Å². The first-order valence-electron chi connectivity index (χ1n) is 7.91. The van der Waals surface area contributed by atoms with Gasteiger partial charge in [-0.1, -0.05) is 26.2 Å². The molecule has 0 radical (unpaired) electrons. The Morgan fingerprint density at radius 1 is 1.29 bits per heavy atom. The fourth-order valence-electron chi connectivity index (χ4n) is 2.60. The zero-order valence-electron chi connectivity index (χ0n) is 12.7. The number of carbonyl (C=O) groups excluding carboxylic acids is 1. The highest BCUT2D eigenvalue weighted by atomic mass is 19.1. The molecule has 21 heavy (non-hydrogen) atoms. The van der Waals surface area contributed by atoms with Gasteiger partial charge in [0.2, 0.25) is 0 Å². The second kappa shape index (κ2) is 7.96. The summed E-state index contributed by atoms with van der Waals surface area (Å²) in [5.74, 6) is -0.566. The minimum atomic E-state index is -0.530. The predicted molar refractivity (Wildman–Crippen MR) is 82.0 cm³/mol. The summed E-state index contributed by atoms with van der Waals surface area (Å²) in [7, 11) is 0. The number of likely N-dealkylation sites (tertiary alicyclic amines) is 1. The van der Waals surface area contributed by atoms with Crippen LogP contribution in [0.25, 0.3) is 0 Å². The van der Waals surface area contributed by atoms with Crippen molar-refractivity contribution in [1.29, 1.82) is 0 Å². The molecule has 5 heteroatoms. The van der Waals surface area contributed by atoms with Gasteiger partial charge in [-0.25, -0.2) is 9.37 Å². The van der Waals surface area contributed by atoms with Crippen LogP contribution in [-0.4, -0.2) is 35.4 Å². The average Bonchev–Trinajstić information content (AvgIpc) is 2.45. The molecule has 4 nitrogen and oxygen atoms in total.